The first kappa shape index (κ1) is 16.3. The fourth-order valence-electron chi connectivity index (χ4n) is 2.10. The summed E-state index contributed by atoms with van der Waals surface area (Å²) in [4.78, 5) is 17.2. The average molecular weight is 320 g/mol. The number of hydrogen-bond acceptors (Lipinski definition) is 3. The maximum Gasteiger partial charge on any atom is 0.292 e. The van der Waals surface area contributed by atoms with Gasteiger partial charge < -0.3 is 4.74 Å². The highest BCUT2D eigenvalue weighted by atomic mass is 35.5. The van der Waals surface area contributed by atoms with Crippen molar-refractivity contribution in [2.45, 2.75) is 19.4 Å². The minimum absolute atomic E-state index is 0.395. The van der Waals surface area contributed by atoms with E-state index in [1.807, 2.05) is 37.3 Å². The minimum atomic E-state index is -1.22. The van der Waals surface area contributed by atoms with Crippen molar-refractivity contribution in [1.29, 1.82) is 0 Å². The zero-order valence-electron chi connectivity index (χ0n) is 12.7. The Morgan fingerprint density at radius 3 is 2.45 bits per heavy atom. The Morgan fingerprint density at radius 1 is 1.18 bits per heavy atom. The Labute approximate surface area is 135 Å². The Balaban J connectivity index is 2.40. The second-order valence-corrected chi connectivity index (χ2v) is 5.45. The van der Waals surface area contributed by atoms with Gasteiger partial charge in [-0.1, -0.05) is 41.9 Å². The van der Waals surface area contributed by atoms with Gasteiger partial charge in [0.15, 0.2) is 0 Å². The monoisotopic (exact) mass is 319 g/mol. The third-order valence-corrected chi connectivity index (χ3v) is 3.83. The summed E-state index contributed by atoms with van der Waals surface area (Å²) in [7, 11) is 1.38. The summed E-state index contributed by atoms with van der Waals surface area (Å²) < 4.78 is 5.99. The van der Waals surface area contributed by atoms with Crippen LogP contribution in [0.5, 0.6) is 5.75 Å². The molecule has 0 saturated heterocycles. The van der Waals surface area contributed by atoms with Crippen molar-refractivity contribution in [2.24, 2.45) is 0 Å². The number of rotatable bonds is 5. The smallest absolute Gasteiger partial charge is 0.292 e. The lowest BCUT2D eigenvalue weighted by atomic mass is 9.95. The molecule has 0 heterocycles. The van der Waals surface area contributed by atoms with Crippen LogP contribution in [0, 0.1) is 6.92 Å². The number of halogens is 1. The highest BCUT2D eigenvalue weighted by molar-refractivity contribution is 6.31. The van der Waals surface area contributed by atoms with Gasteiger partial charge in [0.05, 0.1) is 7.11 Å². The summed E-state index contributed by atoms with van der Waals surface area (Å²) in [6.07, 6.45) is 0. The fourth-order valence-corrected chi connectivity index (χ4v) is 2.22. The normalized spacial score (nSPS) is 13.3. The molecule has 1 unspecified atom stereocenters. The second kappa shape index (κ2) is 6.81. The third kappa shape index (κ3) is 3.40. The predicted octanol–water partition coefficient (Wildman–Crippen LogP) is 3.62. The van der Waals surface area contributed by atoms with Crippen LogP contribution < -0.4 is 10.2 Å². The Hall–Kier alpha value is -2.04. The van der Waals surface area contributed by atoms with E-state index in [1.54, 1.807) is 25.1 Å². The van der Waals surface area contributed by atoms with Gasteiger partial charge in [-0.2, -0.15) is 0 Å². The minimum Gasteiger partial charge on any atom is -0.473 e. The van der Waals surface area contributed by atoms with Crippen LogP contribution in [-0.2, 0) is 15.2 Å². The van der Waals surface area contributed by atoms with Crippen LogP contribution >= 0.6 is 11.6 Å². The zero-order valence-corrected chi connectivity index (χ0v) is 13.5. The summed E-state index contributed by atoms with van der Waals surface area (Å²) in [6, 6.07) is 14.5. The highest BCUT2D eigenvalue weighted by Crippen LogP contribution is 2.30. The molecule has 0 fully saturated rings. The van der Waals surface area contributed by atoms with E-state index >= 15 is 0 Å². The lowest BCUT2D eigenvalue weighted by Gasteiger charge is -2.29. The zero-order chi connectivity index (χ0) is 16.2. The molecule has 0 saturated carbocycles. The molecule has 1 atom stereocenters. The van der Waals surface area contributed by atoms with Crippen LogP contribution in [0.3, 0.4) is 0 Å². The number of carbonyl (C=O) groups excluding carboxylic acids is 1. The number of aryl methyl sites for hydroxylation is 1. The van der Waals surface area contributed by atoms with Crippen molar-refractivity contribution in [3.05, 3.63) is 64.7 Å². The standard InChI is InChI=1S/C17H18ClNO3/c1-12-11-14(9-10-15(12)18)22-17(2,16(20)19-21-3)13-7-5-4-6-8-13/h4-11H,1-3H3,(H,19,20). The van der Waals surface area contributed by atoms with Gasteiger partial charge >= 0.3 is 0 Å². The molecular formula is C17H18ClNO3. The molecule has 0 aliphatic carbocycles. The summed E-state index contributed by atoms with van der Waals surface area (Å²) in [5.74, 6) is 0.160. The number of ether oxygens (including phenoxy) is 1. The first-order valence-corrected chi connectivity index (χ1v) is 7.19. The summed E-state index contributed by atoms with van der Waals surface area (Å²) in [5.41, 5.74) is 2.71. The van der Waals surface area contributed by atoms with Gasteiger partial charge in [-0.25, -0.2) is 5.48 Å². The summed E-state index contributed by atoms with van der Waals surface area (Å²) >= 11 is 6.03. The quantitative estimate of drug-likeness (QED) is 0.856. The van der Waals surface area contributed by atoms with Gasteiger partial charge in [0.1, 0.15) is 5.75 Å². The molecule has 0 radical (unpaired) electrons. The van der Waals surface area contributed by atoms with E-state index in [2.05, 4.69) is 5.48 Å². The number of benzene rings is 2. The number of nitrogens with one attached hydrogen (secondary N) is 1. The summed E-state index contributed by atoms with van der Waals surface area (Å²) in [5, 5.41) is 0.648. The molecule has 0 spiro atoms. The van der Waals surface area contributed by atoms with Crippen LogP contribution in [0.4, 0.5) is 0 Å². The van der Waals surface area contributed by atoms with Gasteiger partial charge in [0, 0.05) is 10.6 Å². The molecule has 0 aromatic heterocycles. The molecule has 2 aromatic carbocycles. The number of hydroxylamine groups is 1. The molecule has 2 rings (SSSR count). The predicted molar refractivity (Wildman–Crippen MR) is 85.8 cm³/mol. The lowest BCUT2D eigenvalue weighted by Crippen LogP contribution is -2.46. The van der Waals surface area contributed by atoms with Crippen LogP contribution in [0.2, 0.25) is 5.02 Å². The largest absolute Gasteiger partial charge is 0.473 e. The third-order valence-electron chi connectivity index (χ3n) is 3.40. The molecule has 0 bridgehead atoms. The van der Waals surface area contributed by atoms with E-state index in [4.69, 9.17) is 21.2 Å². The number of amides is 1. The number of hydrogen-bond donors (Lipinski definition) is 1. The van der Waals surface area contributed by atoms with Gasteiger partial charge in [-0.15, -0.1) is 0 Å². The van der Waals surface area contributed by atoms with Gasteiger partial charge in [0.25, 0.3) is 5.91 Å². The SMILES string of the molecule is CONC(=O)C(C)(Oc1ccc(Cl)c(C)c1)c1ccccc1. The van der Waals surface area contributed by atoms with Crippen molar-refractivity contribution >= 4 is 17.5 Å². The maximum atomic E-state index is 12.4. The molecule has 0 aliphatic rings. The van der Waals surface area contributed by atoms with Gasteiger partial charge in [0.2, 0.25) is 5.60 Å². The number of carbonyl (C=O) groups is 1. The van der Waals surface area contributed by atoms with Crippen molar-refractivity contribution in [3.8, 4) is 5.75 Å². The first-order chi connectivity index (χ1) is 10.5. The molecule has 5 heteroatoms. The Bertz CT molecular complexity index is 660. The van der Waals surface area contributed by atoms with Crippen molar-refractivity contribution < 1.29 is 14.4 Å². The average Bonchev–Trinajstić information content (AvgIpc) is 2.52. The van der Waals surface area contributed by atoms with E-state index < -0.39 is 11.5 Å². The van der Waals surface area contributed by atoms with Crippen LogP contribution in [0.25, 0.3) is 0 Å². The Morgan fingerprint density at radius 2 is 1.86 bits per heavy atom. The topological polar surface area (TPSA) is 47.6 Å². The van der Waals surface area contributed by atoms with Gasteiger partial charge in [-0.05, 0) is 37.6 Å². The first-order valence-electron chi connectivity index (χ1n) is 6.81. The Kier molecular flexibility index (Phi) is 5.06. The molecule has 2 aromatic rings. The fraction of sp³-hybridized carbons (Fsp3) is 0.235. The molecule has 0 aliphatic heterocycles. The molecule has 4 nitrogen and oxygen atoms in total. The van der Waals surface area contributed by atoms with E-state index in [-0.39, 0.29) is 0 Å². The second-order valence-electron chi connectivity index (χ2n) is 5.05. The summed E-state index contributed by atoms with van der Waals surface area (Å²) in [6.45, 7) is 3.57. The lowest BCUT2D eigenvalue weighted by molar-refractivity contribution is -0.147. The van der Waals surface area contributed by atoms with E-state index in [9.17, 15) is 4.79 Å². The maximum absolute atomic E-state index is 12.4. The van der Waals surface area contributed by atoms with E-state index in [0.717, 1.165) is 11.1 Å². The molecule has 1 N–H and O–H groups in total. The molecule has 116 valence electrons. The van der Waals surface area contributed by atoms with Crippen molar-refractivity contribution in [2.75, 3.05) is 7.11 Å². The molecule has 1 amide bonds. The van der Waals surface area contributed by atoms with Crippen LogP contribution in [-0.4, -0.2) is 13.0 Å². The van der Waals surface area contributed by atoms with Gasteiger partial charge in [-0.3, -0.25) is 9.63 Å². The molecule has 22 heavy (non-hydrogen) atoms. The van der Waals surface area contributed by atoms with E-state index in [1.165, 1.54) is 7.11 Å². The highest BCUT2D eigenvalue weighted by Gasteiger charge is 2.38. The van der Waals surface area contributed by atoms with Crippen LogP contribution in [0.15, 0.2) is 48.5 Å². The van der Waals surface area contributed by atoms with Crippen molar-refractivity contribution in [1.82, 2.24) is 5.48 Å². The van der Waals surface area contributed by atoms with Crippen molar-refractivity contribution in [3.63, 3.8) is 0 Å². The molecular weight excluding hydrogens is 302 g/mol. The van der Waals surface area contributed by atoms with E-state index in [0.29, 0.717) is 10.8 Å². The van der Waals surface area contributed by atoms with Crippen LogP contribution in [0.1, 0.15) is 18.1 Å².